The zero-order valence-corrected chi connectivity index (χ0v) is 10.9. The van der Waals surface area contributed by atoms with Crippen LogP contribution in [-0.2, 0) is 4.74 Å². The molecule has 9 heteroatoms. The van der Waals surface area contributed by atoms with Gasteiger partial charge in [0.05, 0.1) is 15.4 Å². The Kier molecular flexibility index (Phi) is 4.01. The summed E-state index contributed by atoms with van der Waals surface area (Å²) in [6, 6.07) is 1.55. The molecule has 0 saturated heterocycles. The molecule has 0 heterocycles. The average Bonchev–Trinajstić information content (AvgIpc) is 2.90. The number of ether oxygens (including phenoxy) is 1. The maximum Gasteiger partial charge on any atom is 0.338 e. The van der Waals surface area contributed by atoms with Crippen molar-refractivity contribution in [3.63, 3.8) is 0 Å². The third-order valence-corrected chi connectivity index (χ3v) is 3.27. The van der Waals surface area contributed by atoms with Crippen LogP contribution in [0.25, 0.3) is 0 Å². The fraction of sp³-hybridized carbons (Fsp3) is 0.417. The third-order valence-electron chi connectivity index (χ3n) is 3.27. The van der Waals surface area contributed by atoms with Gasteiger partial charge in [-0.15, -0.1) is 0 Å². The zero-order valence-electron chi connectivity index (χ0n) is 10.9. The van der Waals surface area contributed by atoms with E-state index in [0.717, 1.165) is 25.0 Å². The van der Waals surface area contributed by atoms with E-state index in [4.69, 9.17) is 4.74 Å². The van der Waals surface area contributed by atoms with E-state index in [-0.39, 0.29) is 11.7 Å². The van der Waals surface area contributed by atoms with Crippen molar-refractivity contribution in [2.75, 3.05) is 0 Å². The van der Waals surface area contributed by atoms with Gasteiger partial charge in [0.1, 0.15) is 6.10 Å². The first-order chi connectivity index (χ1) is 9.90. The maximum absolute atomic E-state index is 11.9. The zero-order chi connectivity index (χ0) is 15.6. The SMILES string of the molecule is O=C(OC1CCCC1)c1cc([N+](=O)[O-])c(O)c([N+](=O)[O-])c1. The van der Waals surface area contributed by atoms with Crippen molar-refractivity contribution in [3.05, 3.63) is 37.9 Å². The number of aromatic hydroxyl groups is 1. The number of phenolic OH excluding ortho intramolecular Hbond substituents is 1. The molecular weight excluding hydrogens is 284 g/mol. The number of nitrogens with zero attached hydrogens (tertiary/aromatic N) is 2. The van der Waals surface area contributed by atoms with Crippen molar-refractivity contribution in [3.8, 4) is 5.75 Å². The van der Waals surface area contributed by atoms with E-state index >= 15 is 0 Å². The normalized spacial score (nSPS) is 14.9. The van der Waals surface area contributed by atoms with Crippen molar-refractivity contribution in [1.29, 1.82) is 0 Å². The van der Waals surface area contributed by atoms with Crippen molar-refractivity contribution in [2.45, 2.75) is 31.8 Å². The van der Waals surface area contributed by atoms with Gasteiger partial charge in [-0.2, -0.15) is 0 Å². The summed E-state index contributed by atoms with van der Waals surface area (Å²) in [6.07, 6.45) is 2.98. The number of hydrogen-bond donors (Lipinski definition) is 1. The van der Waals surface area contributed by atoms with Crippen molar-refractivity contribution in [2.24, 2.45) is 0 Å². The molecule has 1 fully saturated rings. The summed E-state index contributed by atoms with van der Waals surface area (Å²) in [6.45, 7) is 0. The Hall–Kier alpha value is -2.71. The molecule has 0 aliphatic heterocycles. The molecule has 0 spiro atoms. The first kappa shape index (κ1) is 14.7. The number of benzene rings is 1. The second kappa shape index (κ2) is 5.73. The van der Waals surface area contributed by atoms with E-state index in [1.807, 2.05) is 0 Å². The van der Waals surface area contributed by atoms with Crippen LogP contribution in [0.2, 0.25) is 0 Å². The molecule has 1 aromatic rings. The Bertz CT molecular complexity index is 573. The van der Waals surface area contributed by atoms with Crippen molar-refractivity contribution >= 4 is 17.3 Å². The van der Waals surface area contributed by atoms with E-state index in [1.165, 1.54) is 0 Å². The summed E-state index contributed by atoms with van der Waals surface area (Å²) in [5.74, 6) is -1.95. The number of esters is 1. The van der Waals surface area contributed by atoms with E-state index in [1.54, 1.807) is 0 Å². The summed E-state index contributed by atoms with van der Waals surface area (Å²) < 4.78 is 5.14. The molecule has 0 unspecified atom stereocenters. The van der Waals surface area contributed by atoms with Gasteiger partial charge in [0.15, 0.2) is 0 Å². The fourth-order valence-electron chi connectivity index (χ4n) is 2.23. The molecule has 1 saturated carbocycles. The van der Waals surface area contributed by atoms with Crippen molar-refractivity contribution < 1.29 is 24.5 Å². The number of nitro groups is 2. The predicted octanol–water partition coefficient (Wildman–Crippen LogP) is 2.31. The molecule has 0 aromatic heterocycles. The molecule has 1 aliphatic carbocycles. The Balaban J connectivity index is 2.36. The molecule has 21 heavy (non-hydrogen) atoms. The van der Waals surface area contributed by atoms with Crippen LogP contribution < -0.4 is 0 Å². The molecule has 1 aromatic carbocycles. The van der Waals surface area contributed by atoms with Crippen LogP contribution in [0, 0.1) is 20.2 Å². The number of rotatable bonds is 4. The van der Waals surface area contributed by atoms with Crippen LogP contribution in [0.5, 0.6) is 5.75 Å². The van der Waals surface area contributed by atoms with Crippen LogP contribution in [-0.4, -0.2) is 27.0 Å². The monoisotopic (exact) mass is 296 g/mol. The standard InChI is InChI=1S/C12H12N2O7/c15-11-9(13(17)18)5-7(6-10(11)14(19)20)12(16)21-8-3-1-2-4-8/h5-6,8,15H,1-4H2. The highest BCUT2D eigenvalue weighted by molar-refractivity contribution is 5.92. The smallest absolute Gasteiger partial charge is 0.338 e. The van der Waals surface area contributed by atoms with Gasteiger partial charge in [0.2, 0.25) is 0 Å². The Morgan fingerprint density at radius 1 is 1.14 bits per heavy atom. The van der Waals surface area contributed by atoms with Gasteiger partial charge < -0.3 is 9.84 Å². The molecule has 0 radical (unpaired) electrons. The van der Waals surface area contributed by atoms with Gasteiger partial charge in [-0.25, -0.2) is 4.79 Å². The minimum Gasteiger partial charge on any atom is -0.497 e. The maximum atomic E-state index is 11.9. The quantitative estimate of drug-likeness (QED) is 0.512. The Morgan fingerprint density at radius 2 is 1.62 bits per heavy atom. The first-order valence-electron chi connectivity index (χ1n) is 6.27. The molecule has 1 aliphatic rings. The van der Waals surface area contributed by atoms with Gasteiger partial charge in [0.25, 0.3) is 5.75 Å². The molecule has 9 nitrogen and oxygen atoms in total. The highest BCUT2D eigenvalue weighted by Gasteiger charge is 2.29. The molecule has 0 bridgehead atoms. The second-order valence-corrected chi connectivity index (χ2v) is 4.69. The van der Waals surface area contributed by atoms with Crippen LogP contribution >= 0.6 is 0 Å². The number of nitro benzene ring substituents is 2. The summed E-state index contributed by atoms with van der Waals surface area (Å²) in [5.41, 5.74) is -2.12. The highest BCUT2D eigenvalue weighted by Crippen LogP contribution is 2.37. The van der Waals surface area contributed by atoms with Crippen LogP contribution in [0.3, 0.4) is 0 Å². The molecule has 1 N–H and O–H groups in total. The molecular formula is C12H12N2O7. The summed E-state index contributed by atoms with van der Waals surface area (Å²) in [4.78, 5) is 31.5. The van der Waals surface area contributed by atoms with Crippen LogP contribution in [0.4, 0.5) is 11.4 Å². The Labute approximate surface area is 118 Å². The molecule has 2 rings (SSSR count). The average molecular weight is 296 g/mol. The van der Waals surface area contributed by atoms with E-state index in [9.17, 15) is 30.1 Å². The molecule has 0 atom stereocenters. The lowest BCUT2D eigenvalue weighted by atomic mass is 10.1. The third kappa shape index (κ3) is 3.07. The number of carbonyl (C=O) groups excluding carboxylic acids is 1. The van der Waals surface area contributed by atoms with E-state index < -0.39 is 32.9 Å². The topological polar surface area (TPSA) is 133 Å². The minimum atomic E-state index is -1.08. The summed E-state index contributed by atoms with van der Waals surface area (Å²) >= 11 is 0. The summed E-state index contributed by atoms with van der Waals surface area (Å²) in [7, 11) is 0. The number of hydrogen-bond acceptors (Lipinski definition) is 7. The minimum absolute atomic E-state index is 0.274. The summed E-state index contributed by atoms with van der Waals surface area (Å²) in [5, 5.41) is 31.1. The fourth-order valence-corrected chi connectivity index (χ4v) is 2.23. The lowest BCUT2D eigenvalue weighted by Gasteiger charge is -2.11. The van der Waals surface area contributed by atoms with Gasteiger partial charge in [-0.1, -0.05) is 0 Å². The lowest BCUT2D eigenvalue weighted by molar-refractivity contribution is -0.396. The van der Waals surface area contributed by atoms with Crippen LogP contribution in [0.15, 0.2) is 12.1 Å². The van der Waals surface area contributed by atoms with Gasteiger partial charge in [-0.3, -0.25) is 20.2 Å². The molecule has 112 valence electrons. The Morgan fingerprint density at radius 3 is 2.05 bits per heavy atom. The van der Waals surface area contributed by atoms with Gasteiger partial charge in [0, 0.05) is 12.1 Å². The van der Waals surface area contributed by atoms with Gasteiger partial charge in [-0.05, 0) is 25.7 Å². The lowest BCUT2D eigenvalue weighted by Crippen LogP contribution is -2.15. The first-order valence-corrected chi connectivity index (χ1v) is 6.27. The van der Waals surface area contributed by atoms with E-state index in [2.05, 4.69) is 0 Å². The van der Waals surface area contributed by atoms with Crippen LogP contribution in [0.1, 0.15) is 36.0 Å². The second-order valence-electron chi connectivity index (χ2n) is 4.69. The number of carbonyl (C=O) groups is 1. The van der Waals surface area contributed by atoms with Gasteiger partial charge >= 0.3 is 17.3 Å². The highest BCUT2D eigenvalue weighted by atomic mass is 16.6. The molecule has 0 amide bonds. The predicted molar refractivity (Wildman–Crippen MR) is 69.1 cm³/mol. The number of phenols is 1. The van der Waals surface area contributed by atoms with Crippen molar-refractivity contribution in [1.82, 2.24) is 0 Å². The van der Waals surface area contributed by atoms with E-state index in [0.29, 0.717) is 12.8 Å². The largest absolute Gasteiger partial charge is 0.497 e.